The summed E-state index contributed by atoms with van der Waals surface area (Å²) in [6.07, 6.45) is -5.28. The Morgan fingerprint density at radius 1 is 0.650 bits per heavy atom. The molecule has 0 amide bonds. The first-order valence-electron chi connectivity index (χ1n) is 12.9. The maximum Gasteiger partial charge on any atom is 0.338 e. The molecule has 4 rings (SSSR count). The first-order valence-corrected chi connectivity index (χ1v) is 12.9. The molecule has 0 aliphatic carbocycles. The Morgan fingerprint density at radius 2 is 1.18 bits per heavy atom. The minimum atomic E-state index is -1.34. The normalized spacial score (nSPS) is 22.2. The minimum absolute atomic E-state index is 0.142. The van der Waals surface area contributed by atoms with E-state index in [1.807, 2.05) is 60.7 Å². The Labute approximate surface area is 232 Å². The van der Waals surface area contributed by atoms with Gasteiger partial charge in [0.1, 0.15) is 24.9 Å². The number of hydrogen-bond donors (Lipinski definition) is 0. The van der Waals surface area contributed by atoms with Crippen molar-refractivity contribution in [3.63, 3.8) is 0 Å². The third-order valence-corrected chi connectivity index (χ3v) is 6.15. The molecule has 0 aromatic heterocycles. The highest BCUT2D eigenvalue weighted by Gasteiger charge is 2.51. The minimum Gasteiger partial charge on any atom is -0.463 e. The molecule has 1 saturated heterocycles. The Bertz CT molecular complexity index is 1230. The second-order valence-corrected chi connectivity index (χ2v) is 9.21. The monoisotopic (exact) mass is 548 g/mol. The van der Waals surface area contributed by atoms with E-state index in [1.54, 1.807) is 30.3 Å². The van der Waals surface area contributed by atoms with E-state index in [0.717, 1.165) is 11.1 Å². The van der Waals surface area contributed by atoms with Crippen molar-refractivity contribution in [1.82, 2.24) is 0 Å². The van der Waals surface area contributed by atoms with E-state index in [4.69, 9.17) is 28.4 Å². The van der Waals surface area contributed by atoms with Crippen LogP contribution in [0.3, 0.4) is 0 Å². The van der Waals surface area contributed by atoms with Crippen LogP contribution in [0.5, 0.6) is 0 Å². The molecule has 0 bridgehead atoms. The molecule has 9 nitrogen and oxygen atoms in total. The number of esters is 3. The van der Waals surface area contributed by atoms with Crippen LogP contribution in [0.4, 0.5) is 0 Å². The Hall–Kier alpha value is -4.05. The number of hydrogen-bond acceptors (Lipinski definition) is 9. The molecule has 1 heterocycles. The van der Waals surface area contributed by atoms with Gasteiger partial charge in [-0.2, -0.15) is 0 Å². The van der Waals surface area contributed by atoms with Crippen molar-refractivity contribution in [3.05, 3.63) is 108 Å². The summed E-state index contributed by atoms with van der Waals surface area (Å²) in [5, 5.41) is 0. The molecular formula is C31H32O9. The maximum atomic E-state index is 13.2. The molecule has 3 aromatic rings. The summed E-state index contributed by atoms with van der Waals surface area (Å²) in [4.78, 5) is 36.9. The van der Waals surface area contributed by atoms with Crippen molar-refractivity contribution in [2.75, 3.05) is 6.61 Å². The van der Waals surface area contributed by atoms with Gasteiger partial charge in [-0.15, -0.1) is 0 Å². The van der Waals surface area contributed by atoms with Crippen molar-refractivity contribution < 1.29 is 42.8 Å². The summed E-state index contributed by atoms with van der Waals surface area (Å²) in [6.45, 7) is 2.62. The first-order chi connectivity index (χ1) is 19.4. The van der Waals surface area contributed by atoms with E-state index < -0.39 is 48.6 Å². The van der Waals surface area contributed by atoms with Crippen LogP contribution in [-0.2, 0) is 51.2 Å². The van der Waals surface area contributed by atoms with Crippen LogP contribution in [0.15, 0.2) is 91.0 Å². The summed E-state index contributed by atoms with van der Waals surface area (Å²) in [6, 6.07) is 27.3. The lowest BCUT2D eigenvalue weighted by Gasteiger charge is -2.44. The summed E-state index contributed by atoms with van der Waals surface area (Å²) in [5.74, 6) is -1.82. The van der Waals surface area contributed by atoms with E-state index in [0.29, 0.717) is 5.56 Å². The average molecular weight is 549 g/mol. The second kappa shape index (κ2) is 14.4. The highest BCUT2D eigenvalue weighted by Crippen LogP contribution is 2.31. The number of benzene rings is 3. The van der Waals surface area contributed by atoms with E-state index in [1.165, 1.54) is 13.8 Å². The van der Waals surface area contributed by atoms with Crippen molar-refractivity contribution in [3.8, 4) is 0 Å². The van der Waals surface area contributed by atoms with E-state index in [2.05, 4.69) is 0 Å². The number of rotatable bonds is 11. The number of ether oxygens (including phenoxy) is 6. The highest BCUT2D eigenvalue weighted by molar-refractivity contribution is 5.89. The lowest BCUT2D eigenvalue weighted by atomic mass is 9.97. The van der Waals surface area contributed by atoms with Crippen LogP contribution >= 0.6 is 0 Å². The molecule has 0 N–H and O–H groups in total. The molecule has 9 heteroatoms. The highest BCUT2D eigenvalue weighted by atomic mass is 16.7. The molecular weight excluding hydrogens is 516 g/mol. The predicted octanol–water partition coefficient (Wildman–Crippen LogP) is 4.23. The van der Waals surface area contributed by atoms with Gasteiger partial charge in [-0.05, 0) is 23.3 Å². The maximum absolute atomic E-state index is 13.2. The fraction of sp³-hybridized carbons (Fsp3) is 0.323. The van der Waals surface area contributed by atoms with Crippen LogP contribution in [0.1, 0.15) is 35.3 Å². The van der Waals surface area contributed by atoms with Gasteiger partial charge < -0.3 is 28.4 Å². The van der Waals surface area contributed by atoms with Crippen LogP contribution in [0.25, 0.3) is 0 Å². The Balaban J connectivity index is 1.68. The molecule has 40 heavy (non-hydrogen) atoms. The Kier molecular flexibility index (Phi) is 10.4. The van der Waals surface area contributed by atoms with E-state index in [9.17, 15) is 14.4 Å². The number of carbonyl (C=O) groups is 3. The molecule has 0 radical (unpaired) electrons. The van der Waals surface area contributed by atoms with E-state index >= 15 is 0 Å². The SMILES string of the molecule is CC(=O)OC[C@H]1O[C@H](OC(C)=O)[C@@H](OC(=O)c2ccccc2)[C@@H](OCc2ccccc2)[C@@H]1OCc1ccccc1. The molecule has 0 spiro atoms. The van der Waals surface area contributed by atoms with Gasteiger partial charge in [0.15, 0.2) is 6.10 Å². The van der Waals surface area contributed by atoms with Crippen LogP contribution in [0, 0.1) is 0 Å². The second-order valence-electron chi connectivity index (χ2n) is 9.21. The summed E-state index contributed by atoms with van der Waals surface area (Å²) in [5.41, 5.74) is 2.05. The van der Waals surface area contributed by atoms with Gasteiger partial charge in [0.05, 0.1) is 18.8 Å². The smallest absolute Gasteiger partial charge is 0.338 e. The number of carbonyl (C=O) groups excluding carboxylic acids is 3. The zero-order valence-electron chi connectivity index (χ0n) is 22.3. The molecule has 3 aromatic carbocycles. The predicted molar refractivity (Wildman–Crippen MR) is 143 cm³/mol. The molecule has 0 saturated carbocycles. The van der Waals surface area contributed by atoms with Crippen LogP contribution in [-0.4, -0.2) is 55.2 Å². The lowest BCUT2D eigenvalue weighted by molar-refractivity contribution is -0.308. The van der Waals surface area contributed by atoms with Crippen molar-refractivity contribution in [1.29, 1.82) is 0 Å². The van der Waals surface area contributed by atoms with Crippen LogP contribution in [0.2, 0.25) is 0 Å². The third-order valence-electron chi connectivity index (χ3n) is 6.15. The first kappa shape index (κ1) is 28.9. The summed E-state index contributed by atoms with van der Waals surface area (Å²) in [7, 11) is 0. The third kappa shape index (κ3) is 8.22. The van der Waals surface area contributed by atoms with Crippen LogP contribution < -0.4 is 0 Å². The fourth-order valence-corrected chi connectivity index (χ4v) is 4.29. The van der Waals surface area contributed by atoms with Gasteiger partial charge in [0, 0.05) is 13.8 Å². The van der Waals surface area contributed by atoms with E-state index in [-0.39, 0.29) is 19.8 Å². The quantitative estimate of drug-likeness (QED) is 0.257. The lowest BCUT2D eigenvalue weighted by Crippen LogP contribution is -2.62. The molecule has 1 fully saturated rings. The average Bonchev–Trinajstić information content (AvgIpc) is 2.96. The zero-order valence-corrected chi connectivity index (χ0v) is 22.3. The topological polar surface area (TPSA) is 107 Å². The molecule has 0 unspecified atom stereocenters. The Morgan fingerprint density at radius 3 is 1.70 bits per heavy atom. The largest absolute Gasteiger partial charge is 0.463 e. The van der Waals surface area contributed by atoms with Gasteiger partial charge >= 0.3 is 17.9 Å². The standard InChI is InChI=1S/C31H32O9/c1-21(32)35-20-26-27(36-18-23-12-6-3-7-13-23)28(37-19-24-14-8-4-9-15-24)29(31(39-26)38-22(2)33)40-30(34)25-16-10-5-11-17-25/h3-17,26-29,31H,18-20H2,1-2H3/t26-,27-,28+,29+,31+/m1/s1. The molecule has 1 aliphatic rings. The summed E-state index contributed by atoms with van der Waals surface area (Å²) < 4.78 is 35.4. The van der Waals surface area contributed by atoms with Gasteiger partial charge in [-0.25, -0.2) is 4.79 Å². The molecule has 1 aliphatic heterocycles. The zero-order chi connectivity index (χ0) is 28.3. The summed E-state index contributed by atoms with van der Waals surface area (Å²) >= 11 is 0. The van der Waals surface area contributed by atoms with Crippen molar-refractivity contribution >= 4 is 17.9 Å². The van der Waals surface area contributed by atoms with Gasteiger partial charge in [0.2, 0.25) is 6.29 Å². The van der Waals surface area contributed by atoms with Crippen molar-refractivity contribution in [2.24, 2.45) is 0 Å². The molecule has 5 atom stereocenters. The van der Waals surface area contributed by atoms with Crippen molar-refractivity contribution in [2.45, 2.75) is 57.8 Å². The van der Waals surface area contributed by atoms with Gasteiger partial charge in [-0.1, -0.05) is 78.9 Å². The molecule has 210 valence electrons. The fourth-order valence-electron chi connectivity index (χ4n) is 4.29. The van der Waals surface area contributed by atoms with Gasteiger partial charge in [0.25, 0.3) is 0 Å². The van der Waals surface area contributed by atoms with Gasteiger partial charge in [-0.3, -0.25) is 9.59 Å².